The summed E-state index contributed by atoms with van der Waals surface area (Å²) in [5.41, 5.74) is 1.46. The Morgan fingerprint density at radius 2 is 1.72 bits per heavy atom. The quantitative estimate of drug-likeness (QED) is 0.0795. The van der Waals surface area contributed by atoms with Crippen LogP contribution in [0.4, 0.5) is 41.6 Å². The van der Waals surface area contributed by atoms with Crippen molar-refractivity contribution in [1.29, 1.82) is 0 Å². The van der Waals surface area contributed by atoms with Crippen LogP contribution in [0.25, 0.3) is 11.0 Å². The SMILES string of the molecule is CC(C)(c1ccccc1[C@@H]1CCCN1C1CC2(CCN(c3ccc(C(=O)NS(=O)(=O)c4ccc(NCC5CCOCC5)c([N+](=O)[O-])c4)c(N4c5cc6cc[nH]c6nc5O[C@@H]5COC[C@H]54)c3)CC2)C1)C(F)(F)F. The second kappa shape index (κ2) is 18.5. The Morgan fingerprint density at radius 3 is 2.49 bits per heavy atom. The number of fused-ring (bicyclic) bond motifs is 3. The van der Waals surface area contributed by atoms with Gasteiger partial charge in [-0.25, -0.2) is 13.1 Å². The molecular weight excluding hydrogens is 954 g/mol. The Kier molecular flexibility index (Phi) is 12.4. The predicted molar refractivity (Wildman–Crippen MR) is 265 cm³/mol. The molecule has 0 bridgehead atoms. The minimum absolute atomic E-state index is 0.0508. The van der Waals surface area contributed by atoms with Gasteiger partial charge in [-0.15, -0.1) is 0 Å². The minimum Gasteiger partial charge on any atom is -0.468 e. The molecule has 1 aliphatic carbocycles. The molecule has 5 aromatic rings. The molecule has 4 saturated heterocycles. The molecule has 5 aliphatic heterocycles. The van der Waals surface area contributed by atoms with Crippen molar-refractivity contribution in [3.63, 3.8) is 0 Å². The third-order valence-corrected chi connectivity index (χ3v) is 17.8. The van der Waals surface area contributed by atoms with Crippen LogP contribution in [-0.4, -0.2) is 111 Å². The van der Waals surface area contributed by atoms with E-state index in [-0.39, 0.29) is 47.9 Å². The van der Waals surface area contributed by atoms with E-state index in [1.807, 2.05) is 41.3 Å². The first-order valence-electron chi connectivity index (χ1n) is 25.0. The zero-order valence-electron chi connectivity index (χ0n) is 40.3. The van der Waals surface area contributed by atoms with Crippen LogP contribution >= 0.6 is 0 Å². The number of carbonyl (C=O) groups is 1. The van der Waals surface area contributed by atoms with E-state index in [4.69, 9.17) is 19.2 Å². The summed E-state index contributed by atoms with van der Waals surface area (Å²) in [4.78, 5) is 40.4. The zero-order chi connectivity index (χ0) is 50.2. The number of alkyl halides is 3. The molecule has 3 atom stereocenters. The molecule has 3 N–H and O–H groups in total. The first-order valence-corrected chi connectivity index (χ1v) is 26.5. The van der Waals surface area contributed by atoms with Gasteiger partial charge in [-0.2, -0.15) is 18.2 Å². The fraction of sp³-hybridized carbons (Fsp3) is 0.500. The van der Waals surface area contributed by atoms with Crippen molar-refractivity contribution in [1.82, 2.24) is 19.6 Å². The molecule has 0 unspecified atom stereocenters. The molecule has 5 fully saturated rings. The third-order valence-electron chi connectivity index (χ3n) is 16.4. The number of hydrogen-bond donors (Lipinski definition) is 3. The number of piperidine rings is 1. The highest BCUT2D eigenvalue weighted by molar-refractivity contribution is 7.90. The molecule has 2 aromatic heterocycles. The average molecular weight is 1010 g/mol. The molecule has 1 spiro atoms. The van der Waals surface area contributed by atoms with Gasteiger partial charge in [0.1, 0.15) is 23.1 Å². The summed E-state index contributed by atoms with van der Waals surface area (Å²) in [6, 6.07) is 19.6. The van der Waals surface area contributed by atoms with Crippen molar-refractivity contribution in [3.05, 3.63) is 106 Å². The number of nitro benzene ring substituents is 1. The first kappa shape index (κ1) is 48.3. The van der Waals surface area contributed by atoms with Crippen LogP contribution in [0.5, 0.6) is 5.88 Å². The number of nitrogens with one attached hydrogen (secondary N) is 3. The van der Waals surface area contributed by atoms with E-state index in [0.717, 1.165) is 93.7 Å². The smallest absolute Gasteiger partial charge is 0.397 e. The zero-order valence-corrected chi connectivity index (χ0v) is 41.1. The number of benzene rings is 3. The lowest BCUT2D eigenvalue weighted by atomic mass is 9.59. The highest BCUT2D eigenvalue weighted by Gasteiger charge is 2.53. The summed E-state index contributed by atoms with van der Waals surface area (Å²) >= 11 is 0. The number of anilines is 4. The number of hydrogen-bond acceptors (Lipinski definition) is 13. The maximum absolute atomic E-state index is 14.6. The second-order valence-corrected chi connectivity index (χ2v) is 22.7. The number of nitro groups is 1. The van der Waals surface area contributed by atoms with Crippen LogP contribution in [0.1, 0.15) is 92.7 Å². The Labute approximate surface area is 415 Å². The number of amides is 1. The van der Waals surface area contributed by atoms with Gasteiger partial charge in [0.2, 0.25) is 5.88 Å². The minimum atomic E-state index is -4.64. The summed E-state index contributed by atoms with van der Waals surface area (Å²) in [6.45, 7) is 7.04. The summed E-state index contributed by atoms with van der Waals surface area (Å²) < 4.78 is 91.3. The number of sulfonamides is 1. The number of halogens is 3. The lowest BCUT2D eigenvalue weighted by Gasteiger charge is -2.56. The molecular formula is C52H59F3N8O8S. The van der Waals surface area contributed by atoms with Gasteiger partial charge in [-0.1, -0.05) is 24.3 Å². The molecule has 3 aromatic carbocycles. The molecule has 11 rings (SSSR count). The van der Waals surface area contributed by atoms with Crippen molar-refractivity contribution < 1.29 is 45.5 Å². The summed E-state index contributed by atoms with van der Waals surface area (Å²) in [5.74, 6) is -0.357. The summed E-state index contributed by atoms with van der Waals surface area (Å²) in [6.07, 6.45) is 4.03. The lowest BCUT2D eigenvalue weighted by Crippen LogP contribution is -2.55. The number of H-pyrrole nitrogens is 1. The molecule has 7 heterocycles. The van der Waals surface area contributed by atoms with Crippen LogP contribution < -0.4 is 24.6 Å². The van der Waals surface area contributed by atoms with Gasteiger partial charge < -0.3 is 34.3 Å². The van der Waals surface area contributed by atoms with Crippen molar-refractivity contribution >= 4 is 55.4 Å². The molecule has 0 radical (unpaired) electrons. The average Bonchev–Trinajstić information content (AvgIpc) is 4.15. The third kappa shape index (κ3) is 8.80. The maximum atomic E-state index is 14.6. The van der Waals surface area contributed by atoms with E-state index in [1.165, 1.54) is 26.0 Å². The maximum Gasteiger partial charge on any atom is 0.397 e. The van der Waals surface area contributed by atoms with Crippen LogP contribution in [0.2, 0.25) is 0 Å². The number of rotatable bonds is 12. The van der Waals surface area contributed by atoms with E-state index in [0.29, 0.717) is 48.2 Å². The van der Waals surface area contributed by atoms with Crippen molar-refractivity contribution in [2.75, 3.05) is 67.7 Å². The summed E-state index contributed by atoms with van der Waals surface area (Å²) in [7, 11) is -4.64. The first-order chi connectivity index (χ1) is 34.5. The monoisotopic (exact) mass is 1010 g/mol. The largest absolute Gasteiger partial charge is 0.468 e. The van der Waals surface area contributed by atoms with Gasteiger partial charge in [0, 0.05) is 68.3 Å². The van der Waals surface area contributed by atoms with E-state index >= 15 is 0 Å². The molecule has 72 heavy (non-hydrogen) atoms. The molecule has 382 valence electrons. The van der Waals surface area contributed by atoms with Gasteiger partial charge in [-0.05, 0) is 137 Å². The number of likely N-dealkylation sites (tertiary alicyclic amines) is 1. The van der Waals surface area contributed by atoms with Crippen LogP contribution in [0, 0.1) is 21.4 Å². The highest BCUT2D eigenvalue weighted by Crippen LogP contribution is 2.55. The van der Waals surface area contributed by atoms with E-state index in [1.54, 1.807) is 24.4 Å². The van der Waals surface area contributed by atoms with Gasteiger partial charge >= 0.3 is 6.18 Å². The van der Waals surface area contributed by atoms with Gasteiger partial charge in [0.05, 0.1) is 45.7 Å². The second-order valence-electron chi connectivity index (χ2n) is 21.0. The number of carbonyl (C=O) groups excluding carboxylic acids is 1. The van der Waals surface area contributed by atoms with E-state index in [9.17, 15) is 36.5 Å². The van der Waals surface area contributed by atoms with Gasteiger partial charge in [-0.3, -0.25) is 19.8 Å². The Balaban J connectivity index is 0.856. The fourth-order valence-electron chi connectivity index (χ4n) is 12.1. The van der Waals surface area contributed by atoms with Crippen LogP contribution in [0.3, 0.4) is 0 Å². The fourth-order valence-corrected chi connectivity index (χ4v) is 13.1. The van der Waals surface area contributed by atoms with Gasteiger partial charge in [0.25, 0.3) is 21.6 Å². The molecule has 1 amide bonds. The Bertz CT molecular complexity index is 3000. The summed E-state index contributed by atoms with van der Waals surface area (Å²) in [5, 5.41) is 16.2. The number of nitrogens with zero attached hydrogens (tertiary/aromatic N) is 5. The normalized spacial score (nSPS) is 22.9. The number of ether oxygens (including phenoxy) is 3. The molecule has 6 aliphatic rings. The van der Waals surface area contributed by atoms with Crippen molar-refractivity contribution in [3.8, 4) is 5.88 Å². The molecule has 16 nitrogen and oxygen atoms in total. The van der Waals surface area contributed by atoms with Crippen LogP contribution in [0.15, 0.2) is 83.9 Å². The van der Waals surface area contributed by atoms with E-state index in [2.05, 4.69) is 24.8 Å². The number of aromatic amines is 1. The standard InChI is InChI=1S/C52H59F3N8O8S/c1-50(2,52(53,54)55)39-7-4-3-6-37(39)41-8-5-19-61(41)35-27-51(28-35)16-20-60(21-17-51)34-9-11-38(42(25-34)62-44-24-33-13-18-56-47(33)58-49(44)71-46-31-70-30-45(46)62)48(64)59-72(67,68)36-10-12-40(43(26-36)63(65)66)57-29-32-14-22-69-23-15-32/h3-4,6-7,9-13,18,24-26,32,35,41,45-46,57H,5,8,14-17,19-23,27-31H2,1-2H3,(H,56,58)(H,59,64)/t41-,45+,46+/m0/s1. The van der Waals surface area contributed by atoms with Crippen LogP contribution in [-0.2, 0) is 24.9 Å². The predicted octanol–water partition coefficient (Wildman–Crippen LogP) is 9.15. The number of aromatic nitrogens is 2. The molecule has 1 saturated carbocycles. The highest BCUT2D eigenvalue weighted by atomic mass is 32.2. The molecule has 20 heteroatoms. The topological polar surface area (TPSA) is 184 Å². The van der Waals surface area contributed by atoms with Gasteiger partial charge in [0.15, 0.2) is 0 Å². The Morgan fingerprint density at radius 1 is 0.944 bits per heavy atom. The number of pyridine rings is 1. The Hall–Kier alpha value is -5.96. The van der Waals surface area contributed by atoms with Crippen molar-refractivity contribution in [2.45, 2.75) is 106 Å². The van der Waals surface area contributed by atoms with E-state index < -0.39 is 55.2 Å². The lowest BCUT2D eigenvalue weighted by molar-refractivity contribution is -0.384. The van der Waals surface area contributed by atoms with Crippen molar-refractivity contribution in [2.24, 2.45) is 11.3 Å².